The van der Waals surface area contributed by atoms with Gasteiger partial charge in [0, 0.05) is 56.6 Å². The molecule has 0 radical (unpaired) electrons. The van der Waals surface area contributed by atoms with Crippen molar-refractivity contribution in [2.45, 2.75) is 12.5 Å². The molecule has 1 unspecified atom stereocenters. The van der Waals surface area contributed by atoms with Gasteiger partial charge in [0.05, 0.1) is 40.7 Å². The third-order valence-corrected chi connectivity index (χ3v) is 5.15. The Bertz CT molecular complexity index is 842. The molecule has 1 aliphatic rings. The third-order valence-electron chi connectivity index (χ3n) is 5.15. The molecule has 1 fully saturated rings. The highest BCUT2D eigenvalue weighted by Gasteiger charge is 2.25. The van der Waals surface area contributed by atoms with Gasteiger partial charge in [0.15, 0.2) is 5.96 Å². The smallest absolute Gasteiger partial charge is 0.193 e. The topological polar surface area (TPSA) is 82.4 Å². The summed E-state index contributed by atoms with van der Waals surface area (Å²) in [4.78, 5) is 6.67. The summed E-state index contributed by atoms with van der Waals surface area (Å²) < 4.78 is 24.1. The van der Waals surface area contributed by atoms with Gasteiger partial charge in [-0.25, -0.2) is 0 Å². The average Bonchev–Trinajstić information content (AvgIpc) is 3.22. The Labute approximate surface area is 177 Å². The van der Waals surface area contributed by atoms with Gasteiger partial charge < -0.3 is 29.2 Å². The van der Waals surface area contributed by atoms with Crippen molar-refractivity contribution in [3.8, 4) is 17.2 Å². The van der Waals surface area contributed by atoms with Crippen molar-refractivity contribution in [3.05, 3.63) is 35.7 Å². The molecular formula is C21H31N5O4. The summed E-state index contributed by atoms with van der Waals surface area (Å²) in [6.07, 6.45) is 4.54. The standard InChI is InChI=1S/C21H31N5O4/c1-22-21(26-8-9-30-20(14-26)15-12-24-25(2)13-15)23-7-6-17-18(28-4)10-16(27-3)11-19(17)29-5/h10-13,20H,6-9,14H2,1-5H3,(H,22,23). The summed E-state index contributed by atoms with van der Waals surface area (Å²) in [6, 6.07) is 3.74. The predicted octanol–water partition coefficient (Wildman–Crippen LogP) is 1.64. The second-order valence-electron chi connectivity index (χ2n) is 6.99. The predicted molar refractivity (Wildman–Crippen MR) is 115 cm³/mol. The van der Waals surface area contributed by atoms with Crippen LogP contribution < -0.4 is 19.5 Å². The van der Waals surface area contributed by atoms with Gasteiger partial charge in [-0.1, -0.05) is 0 Å². The Kier molecular flexibility index (Phi) is 7.40. The van der Waals surface area contributed by atoms with E-state index in [0.29, 0.717) is 25.3 Å². The molecule has 1 N–H and O–H groups in total. The highest BCUT2D eigenvalue weighted by molar-refractivity contribution is 5.80. The number of aliphatic imine (C=N–C) groups is 1. The number of nitrogens with one attached hydrogen (secondary N) is 1. The second kappa shape index (κ2) is 10.2. The number of guanidine groups is 1. The molecule has 1 aromatic heterocycles. The normalized spacial score (nSPS) is 17.0. The van der Waals surface area contributed by atoms with Gasteiger partial charge in [0.1, 0.15) is 23.4 Å². The molecule has 0 amide bonds. The van der Waals surface area contributed by atoms with Crippen molar-refractivity contribution < 1.29 is 18.9 Å². The van der Waals surface area contributed by atoms with Crippen molar-refractivity contribution in [2.24, 2.45) is 12.0 Å². The Hall–Kier alpha value is -2.94. The lowest BCUT2D eigenvalue weighted by atomic mass is 10.1. The van der Waals surface area contributed by atoms with Crippen LogP contribution in [0.2, 0.25) is 0 Å². The zero-order chi connectivity index (χ0) is 21.5. The van der Waals surface area contributed by atoms with E-state index in [4.69, 9.17) is 18.9 Å². The maximum absolute atomic E-state index is 5.94. The zero-order valence-corrected chi connectivity index (χ0v) is 18.3. The van der Waals surface area contributed by atoms with Crippen LogP contribution in [0.4, 0.5) is 0 Å². The Balaban J connectivity index is 1.63. The number of hydrogen-bond acceptors (Lipinski definition) is 6. The van der Waals surface area contributed by atoms with Crippen LogP contribution in [0, 0.1) is 0 Å². The molecule has 164 valence electrons. The van der Waals surface area contributed by atoms with E-state index in [-0.39, 0.29) is 6.10 Å². The van der Waals surface area contributed by atoms with Crippen LogP contribution >= 0.6 is 0 Å². The molecule has 2 aromatic rings. The van der Waals surface area contributed by atoms with E-state index >= 15 is 0 Å². The monoisotopic (exact) mass is 417 g/mol. The molecule has 3 rings (SSSR count). The number of morpholine rings is 1. The van der Waals surface area contributed by atoms with E-state index in [1.807, 2.05) is 31.6 Å². The first-order valence-electron chi connectivity index (χ1n) is 9.94. The van der Waals surface area contributed by atoms with Crippen molar-refractivity contribution in [1.82, 2.24) is 20.0 Å². The Morgan fingerprint density at radius 3 is 2.53 bits per heavy atom. The summed E-state index contributed by atoms with van der Waals surface area (Å²) in [5, 5.41) is 7.70. The minimum Gasteiger partial charge on any atom is -0.496 e. The van der Waals surface area contributed by atoms with Crippen molar-refractivity contribution in [2.75, 3.05) is 54.6 Å². The van der Waals surface area contributed by atoms with Gasteiger partial charge in [0.25, 0.3) is 0 Å². The summed E-state index contributed by atoms with van der Waals surface area (Å²) >= 11 is 0. The molecule has 2 heterocycles. The van der Waals surface area contributed by atoms with Crippen molar-refractivity contribution in [1.29, 1.82) is 0 Å². The first-order chi connectivity index (χ1) is 14.6. The minimum absolute atomic E-state index is 0.0206. The van der Waals surface area contributed by atoms with Gasteiger partial charge >= 0.3 is 0 Å². The Morgan fingerprint density at radius 1 is 1.23 bits per heavy atom. The minimum atomic E-state index is -0.0206. The molecule has 9 heteroatoms. The first kappa shape index (κ1) is 21.8. The van der Waals surface area contributed by atoms with E-state index in [2.05, 4.69) is 20.3 Å². The number of aromatic nitrogens is 2. The average molecular weight is 418 g/mol. The third kappa shape index (κ3) is 4.96. The van der Waals surface area contributed by atoms with Crippen LogP contribution in [0.5, 0.6) is 17.2 Å². The molecule has 1 atom stereocenters. The lowest BCUT2D eigenvalue weighted by Gasteiger charge is -2.34. The molecule has 0 saturated carbocycles. The van der Waals surface area contributed by atoms with Crippen LogP contribution in [-0.2, 0) is 18.2 Å². The molecule has 1 aromatic carbocycles. The maximum atomic E-state index is 5.94. The molecule has 9 nitrogen and oxygen atoms in total. The van der Waals surface area contributed by atoms with Gasteiger partial charge in [-0.2, -0.15) is 5.10 Å². The number of aryl methyl sites for hydroxylation is 1. The van der Waals surface area contributed by atoms with Crippen molar-refractivity contribution >= 4 is 5.96 Å². The summed E-state index contributed by atoms with van der Waals surface area (Å²) in [7, 11) is 8.63. The zero-order valence-electron chi connectivity index (χ0n) is 18.3. The fourth-order valence-corrected chi connectivity index (χ4v) is 3.61. The molecule has 0 aliphatic carbocycles. The first-order valence-corrected chi connectivity index (χ1v) is 9.94. The molecule has 1 saturated heterocycles. The molecule has 30 heavy (non-hydrogen) atoms. The van der Waals surface area contributed by atoms with E-state index in [1.165, 1.54) is 0 Å². The largest absolute Gasteiger partial charge is 0.496 e. The Morgan fingerprint density at radius 2 is 1.97 bits per heavy atom. The number of ether oxygens (including phenoxy) is 4. The summed E-state index contributed by atoms with van der Waals surface area (Å²) in [5.41, 5.74) is 2.06. The SMILES string of the molecule is CN=C(NCCc1c(OC)cc(OC)cc1OC)N1CCOC(c2cnn(C)c2)C1. The maximum Gasteiger partial charge on any atom is 0.193 e. The highest BCUT2D eigenvalue weighted by atomic mass is 16.5. The number of nitrogens with zero attached hydrogens (tertiary/aromatic N) is 4. The van der Waals surface area contributed by atoms with Crippen LogP contribution in [0.3, 0.4) is 0 Å². The van der Waals surface area contributed by atoms with E-state index < -0.39 is 0 Å². The number of rotatable bonds is 7. The van der Waals surface area contributed by atoms with Crippen LogP contribution in [0.1, 0.15) is 17.2 Å². The van der Waals surface area contributed by atoms with Crippen LogP contribution in [0.15, 0.2) is 29.5 Å². The van der Waals surface area contributed by atoms with E-state index in [1.54, 1.807) is 33.1 Å². The van der Waals surface area contributed by atoms with E-state index in [9.17, 15) is 0 Å². The van der Waals surface area contributed by atoms with Crippen LogP contribution in [0.25, 0.3) is 0 Å². The van der Waals surface area contributed by atoms with E-state index in [0.717, 1.165) is 41.7 Å². The molecule has 0 spiro atoms. The lowest BCUT2D eigenvalue weighted by molar-refractivity contribution is -0.00800. The lowest BCUT2D eigenvalue weighted by Crippen LogP contribution is -2.48. The second-order valence-corrected chi connectivity index (χ2v) is 6.99. The number of hydrogen-bond donors (Lipinski definition) is 1. The van der Waals surface area contributed by atoms with Gasteiger partial charge in [-0.15, -0.1) is 0 Å². The van der Waals surface area contributed by atoms with Crippen molar-refractivity contribution in [3.63, 3.8) is 0 Å². The summed E-state index contributed by atoms with van der Waals surface area (Å²) in [6.45, 7) is 2.83. The molecular weight excluding hydrogens is 386 g/mol. The van der Waals surface area contributed by atoms with Gasteiger partial charge in [-0.3, -0.25) is 9.67 Å². The fraction of sp³-hybridized carbons (Fsp3) is 0.524. The highest BCUT2D eigenvalue weighted by Crippen LogP contribution is 2.34. The molecule has 0 bridgehead atoms. The van der Waals surface area contributed by atoms with Crippen LogP contribution in [-0.4, -0.2) is 75.3 Å². The number of methoxy groups -OCH3 is 3. The molecule has 1 aliphatic heterocycles. The van der Waals surface area contributed by atoms with Gasteiger partial charge in [0.2, 0.25) is 0 Å². The fourth-order valence-electron chi connectivity index (χ4n) is 3.61. The summed E-state index contributed by atoms with van der Waals surface area (Å²) in [5.74, 6) is 3.03. The number of benzene rings is 1. The quantitative estimate of drug-likeness (QED) is 0.542. The van der Waals surface area contributed by atoms with Gasteiger partial charge in [-0.05, 0) is 6.42 Å².